The molecule has 0 aliphatic carbocycles. The topological polar surface area (TPSA) is 114 Å². The van der Waals surface area contributed by atoms with Gasteiger partial charge in [-0.15, -0.1) is 0 Å². The van der Waals surface area contributed by atoms with Gasteiger partial charge in [0, 0.05) is 12.8 Å². The Morgan fingerprint density at radius 1 is 0.400 bits per heavy atom. The predicted molar refractivity (Wildman–Crippen MR) is 390 cm³/mol. The first kappa shape index (κ1) is 87.2. The molecule has 10 heteroatoms. The zero-order valence-corrected chi connectivity index (χ0v) is 61.0. The van der Waals surface area contributed by atoms with Crippen molar-refractivity contribution < 1.29 is 37.3 Å². The third kappa shape index (κ3) is 69.5. The molecular weight excluding hydrogens is 1130 g/mol. The minimum Gasteiger partial charge on any atom is -0.756 e. The quantitative estimate of drug-likeness (QED) is 0.0212. The van der Waals surface area contributed by atoms with Gasteiger partial charge in [0.2, 0.25) is 5.91 Å². The number of hydrogen-bond acceptors (Lipinski definition) is 7. The van der Waals surface area contributed by atoms with Gasteiger partial charge in [-0.25, -0.2) is 0 Å². The monoisotopic (exact) mass is 1280 g/mol. The summed E-state index contributed by atoms with van der Waals surface area (Å²) in [5.74, 6) is -0.536. The fourth-order valence-corrected chi connectivity index (χ4v) is 11.9. The number of amides is 1. The van der Waals surface area contributed by atoms with Crippen LogP contribution in [0.3, 0.4) is 0 Å². The first-order chi connectivity index (χ1) is 43.9. The molecular formula is C80H147N2O7P. The average Bonchev–Trinajstić information content (AvgIpc) is 3.11. The third-order valence-corrected chi connectivity index (χ3v) is 18.0. The average molecular weight is 1280 g/mol. The molecule has 0 fully saturated rings. The van der Waals surface area contributed by atoms with Crippen molar-refractivity contribution in [2.24, 2.45) is 0 Å². The molecule has 0 heterocycles. The second kappa shape index (κ2) is 69.0. The number of nitrogens with zero attached hydrogens (tertiary/aromatic N) is 1. The highest BCUT2D eigenvalue weighted by atomic mass is 31.2. The number of quaternary nitrogens is 1. The van der Waals surface area contributed by atoms with Crippen molar-refractivity contribution in [3.8, 4) is 0 Å². The molecule has 0 aliphatic rings. The SMILES string of the molecule is CC/C=C\C/C=C\C/C=C\C/C=C\C/C=C\CCCCCCCCCCCC(=O)OC(/C=C/CCCCCCCCCCCC)C(COP(=O)([O-])OCC[N+](C)(C)C)NC(=O)CCCCCCCCCCCCCCCCCCC/C=C/CCCCCCCC. The predicted octanol–water partition coefficient (Wildman–Crippen LogP) is 24.2. The summed E-state index contributed by atoms with van der Waals surface area (Å²) in [6.45, 7) is 6.77. The minimum absolute atomic E-state index is 0.0245. The summed E-state index contributed by atoms with van der Waals surface area (Å²) in [5.41, 5.74) is 0. The molecule has 9 nitrogen and oxygen atoms in total. The van der Waals surface area contributed by atoms with E-state index >= 15 is 0 Å². The number of likely N-dealkylation sites (N-methyl/N-ethyl adjacent to an activating group) is 1. The zero-order valence-electron chi connectivity index (χ0n) is 60.1. The van der Waals surface area contributed by atoms with Crippen LogP contribution in [-0.4, -0.2) is 69.4 Å². The fraction of sp³-hybridized carbons (Fsp3) is 0.800. The maximum Gasteiger partial charge on any atom is 0.306 e. The molecule has 524 valence electrons. The lowest BCUT2D eigenvalue weighted by atomic mass is 10.0. The van der Waals surface area contributed by atoms with Crippen molar-refractivity contribution in [2.45, 2.75) is 373 Å². The van der Waals surface area contributed by atoms with Crippen molar-refractivity contribution in [2.75, 3.05) is 40.9 Å². The molecule has 0 radical (unpaired) electrons. The third-order valence-electron chi connectivity index (χ3n) is 17.1. The molecule has 0 aliphatic heterocycles. The van der Waals surface area contributed by atoms with Crippen LogP contribution in [0, 0.1) is 0 Å². The Hall–Kier alpha value is -2.81. The molecule has 0 spiro atoms. The van der Waals surface area contributed by atoms with Gasteiger partial charge in [-0.2, -0.15) is 0 Å². The molecule has 0 bridgehead atoms. The smallest absolute Gasteiger partial charge is 0.306 e. The Kier molecular flexibility index (Phi) is 66.9. The van der Waals surface area contributed by atoms with Gasteiger partial charge >= 0.3 is 5.97 Å². The molecule has 0 saturated heterocycles. The Morgan fingerprint density at radius 2 is 0.711 bits per heavy atom. The summed E-state index contributed by atoms with van der Waals surface area (Å²) in [4.78, 5) is 40.3. The Balaban J connectivity index is 4.97. The highest BCUT2D eigenvalue weighted by Gasteiger charge is 2.27. The molecule has 90 heavy (non-hydrogen) atoms. The maximum atomic E-state index is 13.6. The summed E-state index contributed by atoms with van der Waals surface area (Å²) in [6, 6.07) is -0.895. The van der Waals surface area contributed by atoms with E-state index in [-0.39, 0.29) is 24.9 Å². The lowest BCUT2D eigenvalue weighted by molar-refractivity contribution is -0.870. The summed E-state index contributed by atoms with van der Waals surface area (Å²) in [6.07, 6.45) is 92.9. The maximum absolute atomic E-state index is 13.6. The Bertz CT molecular complexity index is 1810. The second-order valence-corrected chi connectivity index (χ2v) is 28.5. The van der Waals surface area contributed by atoms with Crippen LogP contribution in [-0.2, 0) is 27.9 Å². The van der Waals surface area contributed by atoms with Gasteiger partial charge < -0.3 is 28.5 Å². The number of esters is 1. The minimum atomic E-state index is -4.71. The van der Waals surface area contributed by atoms with Crippen LogP contribution in [0.4, 0.5) is 0 Å². The Labute approximate surface area is 558 Å². The van der Waals surface area contributed by atoms with Crippen molar-refractivity contribution >= 4 is 19.7 Å². The molecule has 1 N–H and O–H groups in total. The second-order valence-electron chi connectivity index (χ2n) is 27.1. The first-order valence-corrected chi connectivity index (χ1v) is 39.9. The molecule has 0 rings (SSSR count). The summed E-state index contributed by atoms with van der Waals surface area (Å²) in [7, 11) is 1.19. The van der Waals surface area contributed by atoms with Gasteiger partial charge in [-0.1, -0.05) is 331 Å². The van der Waals surface area contributed by atoms with E-state index in [1.54, 1.807) is 0 Å². The number of carbonyl (C=O) groups excluding carboxylic acids is 2. The number of unbranched alkanes of at least 4 members (excludes halogenated alkanes) is 42. The number of carbonyl (C=O) groups is 2. The van der Waals surface area contributed by atoms with Crippen molar-refractivity contribution in [1.29, 1.82) is 0 Å². The summed E-state index contributed by atoms with van der Waals surface area (Å²) < 4.78 is 30.5. The van der Waals surface area contributed by atoms with Crippen LogP contribution < -0.4 is 10.2 Å². The number of rotatable bonds is 70. The number of ether oxygens (including phenoxy) is 1. The number of allylic oxidation sites excluding steroid dienone is 13. The normalized spacial score (nSPS) is 13.9. The lowest BCUT2D eigenvalue weighted by Crippen LogP contribution is -2.47. The van der Waals surface area contributed by atoms with Crippen LogP contribution >= 0.6 is 7.82 Å². The van der Waals surface area contributed by atoms with Gasteiger partial charge in [0.15, 0.2) is 0 Å². The van der Waals surface area contributed by atoms with Crippen LogP contribution in [0.2, 0.25) is 0 Å². The summed E-state index contributed by atoms with van der Waals surface area (Å²) >= 11 is 0. The molecule has 0 saturated carbocycles. The zero-order chi connectivity index (χ0) is 65.6. The lowest BCUT2D eigenvalue weighted by Gasteiger charge is -2.30. The molecule has 0 aromatic heterocycles. The van der Waals surface area contributed by atoms with Gasteiger partial charge in [-0.3, -0.25) is 14.2 Å². The highest BCUT2D eigenvalue weighted by Crippen LogP contribution is 2.38. The van der Waals surface area contributed by atoms with Gasteiger partial charge in [0.05, 0.1) is 33.8 Å². The number of phosphoric ester groups is 1. The van der Waals surface area contributed by atoms with Crippen LogP contribution in [0.25, 0.3) is 0 Å². The van der Waals surface area contributed by atoms with Crippen LogP contribution in [0.5, 0.6) is 0 Å². The van der Waals surface area contributed by atoms with E-state index in [1.807, 2.05) is 33.3 Å². The number of nitrogens with one attached hydrogen (secondary N) is 1. The van der Waals surface area contributed by atoms with E-state index in [4.69, 9.17) is 13.8 Å². The van der Waals surface area contributed by atoms with E-state index in [0.29, 0.717) is 17.4 Å². The van der Waals surface area contributed by atoms with E-state index in [0.717, 1.165) is 103 Å². The molecule has 0 aromatic carbocycles. The van der Waals surface area contributed by atoms with Gasteiger partial charge in [0.25, 0.3) is 7.82 Å². The van der Waals surface area contributed by atoms with Crippen molar-refractivity contribution in [3.63, 3.8) is 0 Å². The fourth-order valence-electron chi connectivity index (χ4n) is 11.2. The highest BCUT2D eigenvalue weighted by molar-refractivity contribution is 7.45. The molecule has 1 amide bonds. The molecule has 0 aromatic rings. The van der Waals surface area contributed by atoms with E-state index in [2.05, 4.69) is 99.0 Å². The number of hydrogen-bond donors (Lipinski definition) is 1. The van der Waals surface area contributed by atoms with E-state index in [9.17, 15) is 19.0 Å². The largest absolute Gasteiger partial charge is 0.756 e. The van der Waals surface area contributed by atoms with Crippen LogP contribution in [0.15, 0.2) is 85.1 Å². The first-order valence-electron chi connectivity index (χ1n) is 38.4. The molecule has 3 atom stereocenters. The van der Waals surface area contributed by atoms with Crippen LogP contribution in [0.1, 0.15) is 361 Å². The summed E-state index contributed by atoms with van der Waals surface area (Å²) in [5, 5.41) is 3.05. The molecule has 3 unspecified atom stereocenters. The van der Waals surface area contributed by atoms with E-state index in [1.165, 1.54) is 225 Å². The van der Waals surface area contributed by atoms with Crippen molar-refractivity contribution in [3.05, 3.63) is 85.1 Å². The van der Waals surface area contributed by atoms with E-state index < -0.39 is 26.6 Å². The van der Waals surface area contributed by atoms with Gasteiger partial charge in [0.1, 0.15) is 19.3 Å². The Morgan fingerprint density at radius 3 is 1.08 bits per heavy atom. The van der Waals surface area contributed by atoms with Gasteiger partial charge in [-0.05, 0) is 102 Å². The van der Waals surface area contributed by atoms with Crippen molar-refractivity contribution in [1.82, 2.24) is 5.32 Å². The standard InChI is InChI=1S/C80H147N2O7P/c1-7-10-13-16-19-22-25-28-30-32-34-36-38-40-41-43-44-46-48-50-52-54-57-60-63-66-69-72-79(83)81-77(76-88-90(85,86)87-75-74-82(4,5)6)78(71-68-65-62-59-56-27-24-21-18-15-12-9-3)89-80(84)73-70-67-64-61-58-55-53-51-49-47-45-42-39-37-35-33-31-29-26-23-20-17-14-11-8-2/h11,14,20,23,28-31,35,37,42,45,68,71,77-78H,7-10,12-13,15-19,21-22,24-27,32-34,36,38-41,43-44,46-67,69-70,72-76H2,1-6H3,(H-,81,83,85,86)/b14-11-,23-20-,30-28+,31-29-,37-35-,45-42-,71-68+. The number of phosphoric acid groups is 1.